The van der Waals surface area contributed by atoms with Crippen LogP contribution < -0.4 is 0 Å². The maximum Gasteiger partial charge on any atom is 0.0215 e. The van der Waals surface area contributed by atoms with E-state index in [1.165, 1.54) is 235 Å². The fraction of sp³-hybridized carbons (Fsp3) is 0.500. The van der Waals surface area contributed by atoms with Gasteiger partial charge in [0.1, 0.15) is 0 Å². The number of unbranched alkanes of at least 4 members (excludes halogenated alkanes) is 20. The average Bonchev–Trinajstić information content (AvgIpc) is 3.98. The van der Waals surface area contributed by atoms with Crippen LogP contribution >= 0.6 is 0 Å². The number of fused-ring (bicyclic) bond motifs is 7. The van der Waals surface area contributed by atoms with Crippen LogP contribution in [0.15, 0.2) is 121 Å². The molecule has 0 heteroatoms. The third-order valence-corrected chi connectivity index (χ3v) is 16.9. The first-order valence-electron chi connectivity index (χ1n) is 28.6. The summed E-state index contributed by atoms with van der Waals surface area (Å²) in [6, 6.07) is 48.7. The summed E-state index contributed by atoms with van der Waals surface area (Å²) < 4.78 is 0. The van der Waals surface area contributed by atoms with E-state index >= 15 is 0 Å². The summed E-state index contributed by atoms with van der Waals surface area (Å²) in [5.41, 5.74) is 20.5. The van der Waals surface area contributed by atoms with Crippen molar-refractivity contribution in [1.29, 1.82) is 0 Å². The first-order chi connectivity index (χ1) is 33.6. The van der Waals surface area contributed by atoms with Crippen LogP contribution in [0.3, 0.4) is 0 Å². The van der Waals surface area contributed by atoms with E-state index in [4.69, 9.17) is 0 Å². The Hall–Kier alpha value is -4.42. The van der Waals surface area contributed by atoms with Gasteiger partial charge in [0.05, 0.1) is 0 Å². The van der Waals surface area contributed by atoms with E-state index in [0.717, 1.165) is 0 Å². The summed E-state index contributed by atoms with van der Waals surface area (Å²) in [4.78, 5) is 0. The van der Waals surface area contributed by atoms with Crippen LogP contribution in [0, 0.1) is 0 Å². The number of hydrogen-bond donors (Lipinski definition) is 0. The Morgan fingerprint density at radius 2 is 0.544 bits per heavy atom. The van der Waals surface area contributed by atoms with E-state index in [2.05, 4.69) is 149 Å². The highest BCUT2D eigenvalue weighted by Gasteiger charge is 2.43. The van der Waals surface area contributed by atoms with Gasteiger partial charge >= 0.3 is 0 Å². The van der Waals surface area contributed by atoms with Crippen molar-refractivity contribution in [3.05, 3.63) is 144 Å². The summed E-state index contributed by atoms with van der Waals surface area (Å²) in [5, 5.41) is 0. The molecule has 0 fully saturated rings. The van der Waals surface area contributed by atoms with Crippen molar-refractivity contribution in [3.63, 3.8) is 0 Å². The Labute approximate surface area is 415 Å². The van der Waals surface area contributed by atoms with Crippen molar-refractivity contribution in [3.8, 4) is 55.6 Å². The molecular formula is C68H88. The van der Waals surface area contributed by atoms with Gasteiger partial charge in [-0.15, -0.1) is 0 Å². The first-order valence-corrected chi connectivity index (χ1v) is 28.6. The number of benzene rings is 4. The minimum Gasteiger partial charge on any atom is -0.0654 e. The van der Waals surface area contributed by atoms with Crippen LogP contribution in [0.2, 0.25) is 0 Å². The van der Waals surface area contributed by atoms with Gasteiger partial charge in [-0.1, -0.05) is 285 Å². The lowest BCUT2D eigenvalue weighted by Gasteiger charge is -2.33. The Morgan fingerprint density at radius 3 is 1.00 bits per heavy atom. The first kappa shape index (κ1) is 50.0. The van der Waals surface area contributed by atoms with Crippen molar-refractivity contribution in [1.82, 2.24) is 0 Å². The molecule has 0 atom stereocenters. The molecule has 0 radical (unpaired) electrons. The highest BCUT2D eigenvalue weighted by Crippen LogP contribution is 2.57. The second kappa shape index (κ2) is 24.9. The van der Waals surface area contributed by atoms with E-state index in [0.29, 0.717) is 0 Å². The topological polar surface area (TPSA) is 0 Å². The van der Waals surface area contributed by atoms with Crippen molar-refractivity contribution in [2.75, 3.05) is 0 Å². The van der Waals surface area contributed by atoms with Gasteiger partial charge in [-0.25, -0.2) is 0 Å². The lowest BCUT2D eigenvalue weighted by Crippen LogP contribution is -2.25. The van der Waals surface area contributed by atoms with Crippen molar-refractivity contribution < 1.29 is 0 Å². The predicted molar refractivity (Wildman–Crippen MR) is 298 cm³/mol. The molecule has 0 bridgehead atoms. The standard InChI is InChI=1S/C68H88/c1-5-9-13-17-21-29-46-67(47-30-22-18-14-10-6-2)63-38-27-25-35-59(63)61-44-41-54(51-65(61)67)53-40-43-58(57-37-33-34-55(57)50-53)56-42-45-62-60-36-26-28-39-64(60)68(66(62)52-56,48-31-23-19-15-11-7-3)49-32-24-20-16-12-8-4/h25-28,33-45,50-52H,5-24,29-32,46-49H2,1-4H3. The fourth-order valence-corrected chi connectivity index (χ4v) is 13.1. The molecule has 4 aliphatic carbocycles. The fourth-order valence-electron chi connectivity index (χ4n) is 13.1. The van der Waals surface area contributed by atoms with Gasteiger partial charge in [0, 0.05) is 10.8 Å². The molecule has 68 heavy (non-hydrogen) atoms. The van der Waals surface area contributed by atoms with Crippen molar-refractivity contribution in [2.45, 2.75) is 218 Å². The second-order valence-corrected chi connectivity index (χ2v) is 21.6. The third kappa shape index (κ3) is 11.1. The summed E-state index contributed by atoms with van der Waals surface area (Å²) in [7, 11) is 0. The largest absolute Gasteiger partial charge is 0.0654 e. The van der Waals surface area contributed by atoms with Gasteiger partial charge < -0.3 is 0 Å². The molecule has 0 saturated carbocycles. The van der Waals surface area contributed by atoms with Gasteiger partial charge in [0.2, 0.25) is 0 Å². The van der Waals surface area contributed by atoms with E-state index in [-0.39, 0.29) is 10.8 Å². The highest BCUT2D eigenvalue weighted by molar-refractivity contribution is 5.91. The quantitative estimate of drug-likeness (QED) is 0.0395. The smallest absolute Gasteiger partial charge is 0.0215 e. The molecule has 0 N–H and O–H groups in total. The molecular weight excluding hydrogens is 817 g/mol. The number of rotatable bonds is 30. The van der Waals surface area contributed by atoms with Crippen molar-refractivity contribution >= 4 is 0 Å². The van der Waals surface area contributed by atoms with Crippen LogP contribution in [0.4, 0.5) is 0 Å². The Bertz CT molecular complexity index is 2410. The SMILES string of the molecule is CCCCCCCCC1(CCCCCCCC)c2ccccc2-c2ccc(-c3ccc(-c4ccc5c(c4)C(CCCCCCCC)(CCCCCCCC)c4ccccc4-5)c4cccc-4c3)cc21. The second-order valence-electron chi connectivity index (χ2n) is 21.6. The monoisotopic (exact) mass is 905 g/mol. The molecule has 4 aromatic carbocycles. The van der Waals surface area contributed by atoms with Crippen LogP contribution in [0.25, 0.3) is 55.6 Å². The molecule has 0 unspecified atom stereocenters. The zero-order valence-corrected chi connectivity index (χ0v) is 43.3. The van der Waals surface area contributed by atoms with Crippen LogP contribution in [0.5, 0.6) is 0 Å². The van der Waals surface area contributed by atoms with Gasteiger partial charge in [-0.3, -0.25) is 0 Å². The van der Waals surface area contributed by atoms with E-state index < -0.39 is 0 Å². The predicted octanol–water partition coefficient (Wildman–Crippen LogP) is 21.7. The molecule has 0 amide bonds. The Kier molecular flexibility index (Phi) is 18.3. The summed E-state index contributed by atoms with van der Waals surface area (Å²) in [6.45, 7) is 9.34. The Balaban J connectivity index is 1.15. The molecule has 0 spiro atoms. The van der Waals surface area contributed by atoms with Gasteiger partial charge in [-0.05, 0) is 122 Å². The third-order valence-electron chi connectivity index (χ3n) is 16.9. The van der Waals surface area contributed by atoms with Crippen molar-refractivity contribution in [2.24, 2.45) is 0 Å². The summed E-state index contributed by atoms with van der Waals surface area (Å²) >= 11 is 0. The van der Waals surface area contributed by atoms with Gasteiger partial charge in [-0.2, -0.15) is 0 Å². The zero-order valence-electron chi connectivity index (χ0n) is 43.3. The molecule has 0 nitrogen and oxygen atoms in total. The summed E-state index contributed by atoms with van der Waals surface area (Å²) in [6.07, 6.45) is 37.3. The molecule has 4 aromatic rings. The Morgan fingerprint density at radius 1 is 0.235 bits per heavy atom. The van der Waals surface area contributed by atoms with Crippen LogP contribution in [0.1, 0.15) is 230 Å². The van der Waals surface area contributed by atoms with E-state index in [1.54, 1.807) is 22.3 Å². The van der Waals surface area contributed by atoms with E-state index in [9.17, 15) is 0 Å². The molecule has 4 aliphatic rings. The minimum atomic E-state index is 0.0736. The van der Waals surface area contributed by atoms with Gasteiger partial charge in [0.25, 0.3) is 0 Å². The molecule has 0 saturated heterocycles. The average molecular weight is 905 g/mol. The maximum absolute atomic E-state index is 2.66. The van der Waals surface area contributed by atoms with E-state index in [1.807, 2.05) is 0 Å². The van der Waals surface area contributed by atoms with Crippen LogP contribution in [-0.4, -0.2) is 0 Å². The lowest BCUT2D eigenvalue weighted by molar-refractivity contribution is 0.398. The molecule has 8 rings (SSSR count). The normalized spacial score (nSPS) is 14.0. The molecule has 0 aliphatic heterocycles. The highest BCUT2D eigenvalue weighted by atomic mass is 14.5. The molecule has 0 aromatic heterocycles. The van der Waals surface area contributed by atoms with Gasteiger partial charge in [0.15, 0.2) is 0 Å². The maximum atomic E-state index is 2.66. The molecule has 360 valence electrons. The lowest BCUT2D eigenvalue weighted by atomic mass is 9.70. The zero-order chi connectivity index (χ0) is 47.0. The van der Waals surface area contributed by atoms with Crippen LogP contribution in [-0.2, 0) is 10.8 Å². The molecule has 0 heterocycles. The number of hydrogen-bond acceptors (Lipinski definition) is 0. The minimum absolute atomic E-state index is 0.0736. The summed E-state index contributed by atoms with van der Waals surface area (Å²) in [5.74, 6) is 0.